The molecule has 140 valence electrons. The molecule has 5 heteroatoms. The van der Waals surface area contributed by atoms with Crippen molar-refractivity contribution in [2.75, 3.05) is 0 Å². The van der Waals surface area contributed by atoms with E-state index >= 15 is 0 Å². The van der Waals surface area contributed by atoms with Gasteiger partial charge in [-0.1, -0.05) is 80.4 Å². The molecule has 3 aromatic rings. The maximum absolute atomic E-state index is 12.8. The SMILES string of the molecule is CCCCC(N)c1nc(C(=O)NC(c2ccccc2)c2ccccc2)cs1. The molecule has 1 heterocycles. The highest BCUT2D eigenvalue weighted by Gasteiger charge is 2.20. The van der Waals surface area contributed by atoms with Gasteiger partial charge in [0.2, 0.25) is 0 Å². The van der Waals surface area contributed by atoms with Gasteiger partial charge in [0.05, 0.1) is 12.1 Å². The first-order valence-electron chi connectivity index (χ1n) is 9.30. The van der Waals surface area contributed by atoms with Crippen molar-refractivity contribution in [2.24, 2.45) is 5.73 Å². The van der Waals surface area contributed by atoms with Gasteiger partial charge in [0.15, 0.2) is 0 Å². The number of rotatable bonds is 8. The summed E-state index contributed by atoms with van der Waals surface area (Å²) in [4.78, 5) is 17.3. The highest BCUT2D eigenvalue weighted by Crippen LogP contribution is 2.24. The Balaban J connectivity index is 1.78. The van der Waals surface area contributed by atoms with Crippen LogP contribution in [0.4, 0.5) is 0 Å². The first kappa shape index (κ1) is 19.3. The number of aromatic nitrogens is 1. The van der Waals surface area contributed by atoms with E-state index in [1.807, 2.05) is 60.7 Å². The Morgan fingerprint density at radius 2 is 1.67 bits per heavy atom. The van der Waals surface area contributed by atoms with Crippen LogP contribution in [-0.2, 0) is 0 Å². The number of nitrogens with one attached hydrogen (secondary N) is 1. The summed E-state index contributed by atoms with van der Waals surface area (Å²) in [6.45, 7) is 2.14. The molecule has 1 atom stereocenters. The van der Waals surface area contributed by atoms with Gasteiger partial charge in [-0.15, -0.1) is 11.3 Å². The molecule has 0 aliphatic carbocycles. The topological polar surface area (TPSA) is 68.0 Å². The van der Waals surface area contributed by atoms with Gasteiger partial charge in [0, 0.05) is 5.38 Å². The van der Waals surface area contributed by atoms with E-state index in [1.54, 1.807) is 5.38 Å². The Labute approximate surface area is 164 Å². The van der Waals surface area contributed by atoms with E-state index in [0.717, 1.165) is 35.4 Å². The molecule has 4 nitrogen and oxygen atoms in total. The predicted octanol–water partition coefficient (Wildman–Crippen LogP) is 4.85. The minimum atomic E-state index is -0.223. The summed E-state index contributed by atoms with van der Waals surface area (Å²) >= 11 is 1.46. The number of benzene rings is 2. The molecule has 0 bridgehead atoms. The molecule has 0 aliphatic heterocycles. The number of amides is 1. The predicted molar refractivity (Wildman–Crippen MR) is 111 cm³/mol. The summed E-state index contributed by atoms with van der Waals surface area (Å²) in [7, 11) is 0. The molecule has 0 saturated carbocycles. The molecule has 2 aromatic carbocycles. The van der Waals surface area contributed by atoms with Crippen molar-refractivity contribution < 1.29 is 4.79 Å². The second-order valence-corrected chi connectivity index (χ2v) is 7.44. The maximum Gasteiger partial charge on any atom is 0.271 e. The number of unbranched alkanes of at least 4 members (excludes halogenated alkanes) is 1. The minimum Gasteiger partial charge on any atom is -0.340 e. The van der Waals surface area contributed by atoms with Crippen molar-refractivity contribution in [3.63, 3.8) is 0 Å². The van der Waals surface area contributed by atoms with Gasteiger partial charge in [-0.3, -0.25) is 4.79 Å². The fourth-order valence-electron chi connectivity index (χ4n) is 2.96. The van der Waals surface area contributed by atoms with Crippen LogP contribution in [0.25, 0.3) is 0 Å². The van der Waals surface area contributed by atoms with Crippen LogP contribution in [0.15, 0.2) is 66.0 Å². The van der Waals surface area contributed by atoms with E-state index < -0.39 is 0 Å². The molecule has 1 amide bonds. The van der Waals surface area contributed by atoms with Crippen molar-refractivity contribution in [1.82, 2.24) is 10.3 Å². The highest BCUT2D eigenvalue weighted by molar-refractivity contribution is 7.09. The first-order valence-corrected chi connectivity index (χ1v) is 10.2. The Morgan fingerprint density at radius 1 is 1.07 bits per heavy atom. The van der Waals surface area contributed by atoms with Gasteiger partial charge in [0.1, 0.15) is 10.7 Å². The van der Waals surface area contributed by atoms with Crippen LogP contribution < -0.4 is 11.1 Å². The summed E-state index contributed by atoms with van der Waals surface area (Å²) in [5, 5.41) is 5.74. The van der Waals surface area contributed by atoms with Crippen molar-refractivity contribution in [2.45, 2.75) is 38.3 Å². The van der Waals surface area contributed by atoms with Crippen LogP contribution >= 0.6 is 11.3 Å². The van der Waals surface area contributed by atoms with Gasteiger partial charge in [-0.2, -0.15) is 0 Å². The van der Waals surface area contributed by atoms with E-state index in [0.29, 0.717) is 5.69 Å². The summed E-state index contributed by atoms with van der Waals surface area (Å²) in [6.07, 6.45) is 3.05. The third kappa shape index (κ3) is 5.02. The zero-order valence-corrected chi connectivity index (χ0v) is 16.3. The molecule has 3 N–H and O–H groups in total. The summed E-state index contributed by atoms with van der Waals surface area (Å²) < 4.78 is 0. The molecule has 3 rings (SSSR count). The number of nitrogens with zero attached hydrogens (tertiary/aromatic N) is 1. The average molecular weight is 380 g/mol. The van der Waals surface area contributed by atoms with E-state index in [4.69, 9.17) is 5.73 Å². The van der Waals surface area contributed by atoms with Gasteiger partial charge in [-0.25, -0.2) is 4.98 Å². The van der Waals surface area contributed by atoms with Crippen LogP contribution in [0.1, 0.15) is 64.9 Å². The minimum absolute atomic E-state index is 0.101. The van der Waals surface area contributed by atoms with E-state index in [1.165, 1.54) is 11.3 Å². The van der Waals surface area contributed by atoms with E-state index in [2.05, 4.69) is 17.2 Å². The number of carbonyl (C=O) groups excluding carboxylic acids is 1. The summed E-state index contributed by atoms with van der Waals surface area (Å²) in [5.74, 6) is -0.183. The molecule has 0 radical (unpaired) electrons. The van der Waals surface area contributed by atoms with Crippen molar-refractivity contribution in [3.05, 3.63) is 87.9 Å². The third-order valence-electron chi connectivity index (χ3n) is 4.48. The molecule has 0 saturated heterocycles. The van der Waals surface area contributed by atoms with Crippen molar-refractivity contribution >= 4 is 17.2 Å². The molecular formula is C22H25N3OS. The molecule has 0 aliphatic rings. The Bertz CT molecular complexity index is 809. The summed E-state index contributed by atoms with van der Waals surface area (Å²) in [6, 6.07) is 19.6. The number of carbonyl (C=O) groups is 1. The number of hydrogen-bond donors (Lipinski definition) is 2. The van der Waals surface area contributed by atoms with Crippen LogP contribution in [0, 0.1) is 0 Å². The average Bonchev–Trinajstić information content (AvgIpc) is 3.22. The lowest BCUT2D eigenvalue weighted by molar-refractivity contribution is 0.0938. The normalized spacial score (nSPS) is 12.1. The van der Waals surface area contributed by atoms with Gasteiger partial charge in [-0.05, 0) is 17.5 Å². The molecule has 0 fully saturated rings. The Morgan fingerprint density at radius 3 is 2.22 bits per heavy atom. The lowest BCUT2D eigenvalue weighted by Gasteiger charge is -2.19. The van der Waals surface area contributed by atoms with Gasteiger partial charge in [0.25, 0.3) is 5.91 Å². The van der Waals surface area contributed by atoms with Crippen LogP contribution in [0.5, 0.6) is 0 Å². The Hall–Kier alpha value is -2.50. The largest absolute Gasteiger partial charge is 0.340 e. The van der Waals surface area contributed by atoms with Crippen LogP contribution in [0.3, 0.4) is 0 Å². The van der Waals surface area contributed by atoms with Crippen molar-refractivity contribution in [1.29, 1.82) is 0 Å². The lowest BCUT2D eigenvalue weighted by atomic mass is 9.98. The van der Waals surface area contributed by atoms with E-state index in [9.17, 15) is 4.79 Å². The Kier molecular flexibility index (Phi) is 6.74. The van der Waals surface area contributed by atoms with Gasteiger partial charge < -0.3 is 11.1 Å². The third-order valence-corrected chi connectivity index (χ3v) is 5.46. The van der Waals surface area contributed by atoms with Crippen molar-refractivity contribution in [3.8, 4) is 0 Å². The lowest BCUT2D eigenvalue weighted by Crippen LogP contribution is -2.29. The fourth-order valence-corrected chi connectivity index (χ4v) is 3.80. The molecular weight excluding hydrogens is 354 g/mol. The highest BCUT2D eigenvalue weighted by atomic mass is 32.1. The first-order chi connectivity index (χ1) is 13.2. The molecule has 1 unspecified atom stereocenters. The zero-order valence-electron chi connectivity index (χ0n) is 15.5. The standard InChI is InChI=1S/C22H25N3OS/c1-2-3-14-18(23)22-24-19(15-27-22)21(26)25-20(16-10-6-4-7-11-16)17-12-8-5-9-13-17/h4-13,15,18,20H,2-3,14,23H2,1H3,(H,25,26). The summed E-state index contributed by atoms with van der Waals surface area (Å²) in [5.41, 5.74) is 8.69. The molecule has 27 heavy (non-hydrogen) atoms. The van der Waals surface area contributed by atoms with Crippen LogP contribution in [-0.4, -0.2) is 10.9 Å². The smallest absolute Gasteiger partial charge is 0.271 e. The maximum atomic E-state index is 12.8. The monoisotopic (exact) mass is 379 g/mol. The quantitative estimate of drug-likeness (QED) is 0.588. The van der Waals surface area contributed by atoms with E-state index in [-0.39, 0.29) is 18.0 Å². The fraction of sp³-hybridized carbons (Fsp3) is 0.273. The van der Waals surface area contributed by atoms with Crippen LogP contribution in [0.2, 0.25) is 0 Å². The zero-order chi connectivity index (χ0) is 19.1. The van der Waals surface area contributed by atoms with Gasteiger partial charge >= 0.3 is 0 Å². The molecule has 0 spiro atoms. The molecule has 1 aromatic heterocycles. The number of thiazole rings is 1. The second kappa shape index (κ2) is 9.44. The number of hydrogen-bond acceptors (Lipinski definition) is 4. The number of nitrogens with two attached hydrogens (primary N) is 1. The second-order valence-electron chi connectivity index (χ2n) is 6.55.